The average molecular weight is 478 g/mol. The number of rotatable bonds is 10. The molecule has 2 heterocycles. The molecule has 0 aliphatic heterocycles. The molecule has 1 atom stereocenters. The maximum absolute atomic E-state index is 6.51. The lowest BCUT2D eigenvalue weighted by Gasteiger charge is -2.32. The van der Waals surface area contributed by atoms with Gasteiger partial charge < -0.3 is 20.7 Å². The molecule has 6 nitrogen and oxygen atoms in total. The van der Waals surface area contributed by atoms with Crippen molar-refractivity contribution >= 4 is 34.7 Å². The van der Waals surface area contributed by atoms with Gasteiger partial charge in [0.1, 0.15) is 11.0 Å². The molecular formula is C24H33Cl2N5O. The van der Waals surface area contributed by atoms with Crippen molar-refractivity contribution in [1.29, 1.82) is 0 Å². The first kappa shape index (κ1) is 23.6. The zero-order valence-electron chi connectivity index (χ0n) is 18.8. The van der Waals surface area contributed by atoms with Gasteiger partial charge in [-0.15, -0.1) is 0 Å². The van der Waals surface area contributed by atoms with E-state index >= 15 is 0 Å². The Balaban J connectivity index is 1.39. The number of halogens is 2. The average Bonchev–Trinajstić information content (AvgIpc) is 3.61. The third-order valence-electron chi connectivity index (χ3n) is 6.29. The summed E-state index contributed by atoms with van der Waals surface area (Å²) in [6, 6.07) is 5.33. The van der Waals surface area contributed by atoms with E-state index in [0.29, 0.717) is 28.3 Å². The van der Waals surface area contributed by atoms with E-state index in [2.05, 4.69) is 32.8 Å². The molecular weight excluding hydrogens is 445 g/mol. The molecule has 2 aliphatic rings. The molecule has 4 rings (SSSR count). The van der Waals surface area contributed by atoms with Gasteiger partial charge in [-0.1, -0.05) is 23.2 Å². The van der Waals surface area contributed by atoms with Gasteiger partial charge in [-0.2, -0.15) is 0 Å². The van der Waals surface area contributed by atoms with Gasteiger partial charge in [-0.25, -0.2) is 9.97 Å². The smallest absolute Gasteiger partial charge is 0.137 e. The van der Waals surface area contributed by atoms with Crippen molar-refractivity contribution < 1.29 is 4.74 Å². The van der Waals surface area contributed by atoms with E-state index in [4.69, 9.17) is 27.9 Å². The SMILES string of the molecule is COC[C@H](C)N[C@H]1CC[C@H](Nc2cc(-c3cc(NCC4CC4)cnc3Cl)c(Cl)cn2)CC1. The summed E-state index contributed by atoms with van der Waals surface area (Å²) in [7, 11) is 1.75. The fourth-order valence-electron chi connectivity index (χ4n) is 4.36. The highest BCUT2D eigenvalue weighted by molar-refractivity contribution is 6.36. The molecule has 0 amide bonds. The number of aromatic nitrogens is 2. The molecule has 0 saturated heterocycles. The molecule has 2 aromatic rings. The minimum Gasteiger partial charge on any atom is -0.384 e. The molecule has 2 aromatic heterocycles. The topological polar surface area (TPSA) is 71.1 Å². The summed E-state index contributed by atoms with van der Waals surface area (Å²) in [4.78, 5) is 8.89. The molecule has 2 aliphatic carbocycles. The summed E-state index contributed by atoms with van der Waals surface area (Å²) in [6.45, 7) is 3.88. The molecule has 0 unspecified atom stereocenters. The van der Waals surface area contributed by atoms with Gasteiger partial charge in [0.25, 0.3) is 0 Å². The Bertz CT molecular complexity index is 900. The zero-order valence-corrected chi connectivity index (χ0v) is 20.3. The number of hydrogen-bond donors (Lipinski definition) is 3. The zero-order chi connectivity index (χ0) is 22.5. The second-order valence-electron chi connectivity index (χ2n) is 9.15. The third kappa shape index (κ3) is 6.47. The number of nitrogens with one attached hydrogen (secondary N) is 3. The Morgan fingerprint density at radius 3 is 2.47 bits per heavy atom. The maximum atomic E-state index is 6.51. The van der Waals surface area contributed by atoms with E-state index in [-0.39, 0.29) is 0 Å². The highest BCUT2D eigenvalue weighted by Crippen LogP contribution is 2.36. The van der Waals surface area contributed by atoms with Crippen LogP contribution in [0, 0.1) is 5.92 Å². The van der Waals surface area contributed by atoms with Crippen LogP contribution >= 0.6 is 23.2 Å². The first-order valence-corrected chi connectivity index (χ1v) is 12.3. The highest BCUT2D eigenvalue weighted by atomic mass is 35.5. The Labute approximate surface area is 200 Å². The molecule has 2 saturated carbocycles. The van der Waals surface area contributed by atoms with Crippen molar-refractivity contribution in [3.63, 3.8) is 0 Å². The second kappa shape index (κ2) is 11.0. The van der Waals surface area contributed by atoms with Crippen molar-refractivity contribution in [2.24, 2.45) is 5.92 Å². The summed E-state index contributed by atoms with van der Waals surface area (Å²) < 4.78 is 5.23. The monoisotopic (exact) mass is 477 g/mol. The van der Waals surface area contributed by atoms with Crippen molar-refractivity contribution in [2.75, 3.05) is 30.9 Å². The number of pyridine rings is 2. The highest BCUT2D eigenvalue weighted by Gasteiger charge is 2.23. The number of ether oxygens (including phenoxy) is 1. The summed E-state index contributed by atoms with van der Waals surface area (Å²) in [6.07, 6.45) is 10.5. The van der Waals surface area contributed by atoms with E-state index in [9.17, 15) is 0 Å². The van der Waals surface area contributed by atoms with Crippen LogP contribution in [-0.4, -0.2) is 48.4 Å². The third-order valence-corrected chi connectivity index (χ3v) is 6.89. The van der Waals surface area contributed by atoms with Gasteiger partial charge in [-0.3, -0.25) is 0 Å². The molecule has 2 fully saturated rings. The summed E-state index contributed by atoms with van der Waals surface area (Å²) >= 11 is 13.0. The molecule has 0 spiro atoms. The molecule has 8 heteroatoms. The van der Waals surface area contributed by atoms with E-state index < -0.39 is 0 Å². The van der Waals surface area contributed by atoms with Crippen molar-refractivity contribution in [3.8, 4) is 11.1 Å². The largest absolute Gasteiger partial charge is 0.384 e. The lowest BCUT2D eigenvalue weighted by Crippen LogP contribution is -2.42. The molecule has 0 aromatic carbocycles. The first-order chi connectivity index (χ1) is 15.5. The second-order valence-corrected chi connectivity index (χ2v) is 9.92. The minimum atomic E-state index is 0.378. The van der Waals surface area contributed by atoms with Crippen LogP contribution in [0.25, 0.3) is 11.1 Å². The molecule has 32 heavy (non-hydrogen) atoms. The predicted molar refractivity (Wildman–Crippen MR) is 133 cm³/mol. The van der Waals surface area contributed by atoms with Gasteiger partial charge in [0, 0.05) is 49.1 Å². The summed E-state index contributed by atoms with van der Waals surface area (Å²) in [5, 5.41) is 11.7. The van der Waals surface area contributed by atoms with Crippen molar-refractivity contribution in [3.05, 3.63) is 34.7 Å². The van der Waals surface area contributed by atoms with Gasteiger partial charge >= 0.3 is 0 Å². The Kier molecular flexibility index (Phi) is 8.11. The number of nitrogens with zero attached hydrogens (tertiary/aromatic N) is 2. The van der Waals surface area contributed by atoms with Crippen LogP contribution in [0.3, 0.4) is 0 Å². The lowest BCUT2D eigenvalue weighted by atomic mass is 9.90. The van der Waals surface area contributed by atoms with Gasteiger partial charge in [-0.05, 0) is 63.5 Å². The molecule has 0 radical (unpaired) electrons. The summed E-state index contributed by atoms with van der Waals surface area (Å²) in [5.74, 6) is 1.60. The van der Waals surface area contributed by atoms with Crippen LogP contribution in [-0.2, 0) is 4.74 Å². The Morgan fingerprint density at radius 1 is 1.00 bits per heavy atom. The quantitative estimate of drug-likeness (QED) is 0.385. The van der Waals surface area contributed by atoms with Crippen LogP contribution in [0.4, 0.5) is 11.5 Å². The van der Waals surface area contributed by atoms with Crippen LogP contribution in [0.1, 0.15) is 45.4 Å². The normalized spacial score (nSPS) is 21.9. The summed E-state index contributed by atoms with van der Waals surface area (Å²) in [5.41, 5.74) is 2.63. The van der Waals surface area contributed by atoms with Crippen LogP contribution in [0.15, 0.2) is 24.5 Å². The molecule has 0 bridgehead atoms. The van der Waals surface area contributed by atoms with E-state index in [0.717, 1.165) is 67.4 Å². The van der Waals surface area contributed by atoms with E-state index in [1.54, 1.807) is 19.5 Å². The van der Waals surface area contributed by atoms with Crippen LogP contribution < -0.4 is 16.0 Å². The minimum absolute atomic E-state index is 0.378. The molecule has 3 N–H and O–H groups in total. The number of methoxy groups -OCH3 is 1. The Morgan fingerprint density at radius 2 is 1.75 bits per heavy atom. The van der Waals surface area contributed by atoms with Gasteiger partial charge in [0.05, 0.1) is 23.5 Å². The molecule has 174 valence electrons. The van der Waals surface area contributed by atoms with Gasteiger partial charge in [0.15, 0.2) is 0 Å². The van der Waals surface area contributed by atoms with E-state index in [1.165, 1.54) is 12.8 Å². The standard InChI is InChI=1S/C24H33Cl2N5O/c1-15(14-32-2)30-17-5-7-18(8-6-17)31-23-10-20(22(25)13-28-23)21-9-19(12-29-24(21)26)27-11-16-3-4-16/h9-10,12-13,15-18,27,30H,3-8,11,14H2,1-2H3,(H,28,31)/t15-,17-,18-/m0/s1. The van der Waals surface area contributed by atoms with Crippen molar-refractivity contribution in [2.45, 2.75) is 63.6 Å². The lowest BCUT2D eigenvalue weighted by molar-refractivity contribution is 0.161. The van der Waals surface area contributed by atoms with E-state index in [1.807, 2.05) is 12.1 Å². The fraction of sp³-hybridized carbons (Fsp3) is 0.583. The van der Waals surface area contributed by atoms with Crippen molar-refractivity contribution in [1.82, 2.24) is 15.3 Å². The van der Waals surface area contributed by atoms with Gasteiger partial charge in [0.2, 0.25) is 0 Å². The van der Waals surface area contributed by atoms with Crippen LogP contribution in [0.2, 0.25) is 10.2 Å². The first-order valence-electron chi connectivity index (χ1n) is 11.6. The maximum Gasteiger partial charge on any atom is 0.137 e. The van der Waals surface area contributed by atoms with Crippen LogP contribution in [0.5, 0.6) is 0 Å². The number of anilines is 2. The Hall–Kier alpha value is -1.60. The fourth-order valence-corrected chi connectivity index (χ4v) is 4.77. The number of hydrogen-bond acceptors (Lipinski definition) is 6. The predicted octanol–water partition coefficient (Wildman–Crippen LogP) is 5.62.